The summed E-state index contributed by atoms with van der Waals surface area (Å²) in [6.07, 6.45) is 4.20. The molecule has 76 valence electrons. The van der Waals surface area contributed by atoms with Crippen LogP contribution in [0.1, 0.15) is 32.6 Å². The van der Waals surface area contributed by atoms with Gasteiger partial charge in [0, 0.05) is 13.0 Å². The SMILES string of the molecule is CC(CCN)CNC(=O)CC1CC1. The Bertz CT molecular complexity index is 166. The van der Waals surface area contributed by atoms with Gasteiger partial charge < -0.3 is 11.1 Å². The highest BCUT2D eigenvalue weighted by atomic mass is 16.1. The van der Waals surface area contributed by atoms with E-state index in [1.54, 1.807) is 0 Å². The largest absolute Gasteiger partial charge is 0.356 e. The number of hydrogen-bond donors (Lipinski definition) is 2. The Balaban J connectivity index is 1.99. The quantitative estimate of drug-likeness (QED) is 0.644. The van der Waals surface area contributed by atoms with E-state index in [-0.39, 0.29) is 5.91 Å². The second-order valence-corrected chi connectivity index (χ2v) is 4.13. The maximum Gasteiger partial charge on any atom is 0.220 e. The van der Waals surface area contributed by atoms with Gasteiger partial charge in [-0.1, -0.05) is 6.92 Å². The second-order valence-electron chi connectivity index (χ2n) is 4.13. The van der Waals surface area contributed by atoms with Crippen LogP contribution in [0, 0.1) is 11.8 Å². The minimum absolute atomic E-state index is 0.214. The summed E-state index contributed by atoms with van der Waals surface area (Å²) in [6.45, 7) is 3.60. The van der Waals surface area contributed by atoms with Gasteiger partial charge in [0.05, 0.1) is 0 Å². The van der Waals surface area contributed by atoms with Gasteiger partial charge in [-0.25, -0.2) is 0 Å². The molecule has 3 N–H and O–H groups in total. The van der Waals surface area contributed by atoms with Crippen LogP contribution < -0.4 is 11.1 Å². The molecule has 1 amide bonds. The zero-order valence-electron chi connectivity index (χ0n) is 8.38. The number of carbonyl (C=O) groups is 1. The lowest BCUT2D eigenvalue weighted by atomic mass is 10.1. The van der Waals surface area contributed by atoms with E-state index in [9.17, 15) is 4.79 Å². The van der Waals surface area contributed by atoms with Crippen molar-refractivity contribution in [1.82, 2.24) is 5.32 Å². The van der Waals surface area contributed by atoms with E-state index in [1.165, 1.54) is 12.8 Å². The summed E-state index contributed by atoms with van der Waals surface area (Å²) in [4.78, 5) is 11.3. The van der Waals surface area contributed by atoms with E-state index in [0.29, 0.717) is 18.4 Å². The molecule has 0 spiro atoms. The van der Waals surface area contributed by atoms with Crippen molar-refractivity contribution < 1.29 is 4.79 Å². The molecule has 3 heteroatoms. The minimum atomic E-state index is 0.214. The number of nitrogens with two attached hydrogens (primary N) is 1. The zero-order valence-corrected chi connectivity index (χ0v) is 8.38. The first-order valence-electron chi connectivity index (χ1n) is 5.19. The molecule has 1 aliphatic carbocycles. The molecular formula is C10H20N2O. The molecule has 0 aromatic carbocycles. The molecule has 0 aliphatic heterocycles. The highest BCUT2D eigenvalue weighted by Crippen LogP contribution is 2.32. The maximum absolute atomic E-state index is 11.3. The third-order valence-corrected chi connectivity index (χ3v) is 2.48. The number of amides is 1. The summed E-state index contributed by atoms with van der Waals surface area (Å²) in [5.74, 6) is 1.41. The lowest BCUT2D eigenvalue weighted by Crippen LogP contribution is -2.29. The van der Waals surface area contributed by atoms with Crippen LogP contribution in [0.15, 0.2) is 0 Å². The zero-order chi connectivity index (χ0) is 9.68. The molecule has 1 aliphatic rings. The average Bonchev–Trinajstić information content (AvgIpc) is 2.85. The van der Waals surface area contributed by atoms with E-state index in [4.69, 9.17) is 5.73 Å². The third-order valence-electron chi connectivity index (χ3n) is 2.48. The first kappa shape index (κ1) is 10.5. The van der Waals surface area contributed by atoms with Gasteiger partial charge in [-0.05, 0) is 37.6 Å². The molecule has 1 rings (SSSR count). The summed E-state index contributed by atoms with van der Waals surface area (Å²) in [6, 6.07) is 0. The van der Waals surface area contributed by atoms with Crippen LogP contribution >= 0.6 is 0 Å². The monoisotopic (exact) mass is 184 g/mol. The normalized spacial score (nSPS) is 18.3. The third kappa shape index (κ3) is 4.88. The lowest BCUT2D eigenvalue weighted by Gasteiger charge is -2.10. The maximum atomic E-state index is 11.3. The molecule has 1 unspecified atom stereocenters. The minimum Gasteiger partial charge on any atom is -0.356 e. The molecule has 1 atom stereocenters. The molecule has 13 heavy (non-hydrogen) atoms. The average molecular weight is 184 g/mol. The smallest absolute Gasteiger partial charge is 0.220 e. The second kappa shape index (κ2) is 5.22. The predicted molar refractivity (Wildman–Crippen MR) is 53.2 cm³/mol. The summed E-state index contributed by atoms with van der Waals surface area (Å²) in [5.41, 5.74) is 5.41. The Morgan fingerprint density at radius 3 is 2.85 bits per heavy atom. The van der Waals surface area contributed by atoms with Crippen molar-refractivity contribution in [3.05, 3.63) is 0 Å². The van der Waals surface area contributed by atoms with Crippen molar-refractivity contribution in [2.24, 2.45) is 17.6 Å². The fraction of sp³-hybridized carbons (Fsp3) is 0.900. The number of carbonyl (C=O) groups excluding carboxylic acids is 1. The van der Waals surface area contributed by atoms with Gasteiger partial charge >= 0.3 is 0 Å². The number of rotatable bonds is 6. The van der Waals surface area contributed by atoms with Crippen molar-refractivity contribution in [2.75, 3.05) is 13.1 Å². The van der Waals surface area contributed by atoms with Gasteiger partial charge in [0.15, 0.2) is 0 Å². The molecular weight excluding hydrogens is 164 g/mol. The van der Waals surface area contributed by atoms with Crippen molar-refractivity contribution in [3.63, 3.8) is 0 Å². The van der Waals surface area contributed by atoms with Gasteiger partial charge in [0.2, 0.25) is 5.91 Å². The van der Waals surface area contributed by atoms with Gasteiger partial charge in [-0.2, -0.15) is 0 Å². The van der Waals surface area contributed by atoms with Crippen LogP contribution in [-0.4, -0.2) is 19.0 Å². The van der Waals surface area contributed by atoms with Crippen molar-refractivity contribution in [1.29, 1.82) is 0 Å². The summed E-state index contributed by atoms with van der Waals surface area (Å²) < 4.78 is 0. The van der Waals surface area contributed by atoms with Gasteiger partial charge in [0.25, 0.3) is 0 Å². The van der Waals surface area contributed by atoms with Crippen molar-refractivity contribution in [2.45, 2.75) is 32.6 Å². The molecule has 1 saturated carbocycles. The fourth-order valence-electron chi connectivity index (χ4n) is 1.33. The first-order valence-corrected chi connectivity index (χ1v) is 5.19. The Kier molecular flexibility index (Phi) is 4.22. The Labute approximate surface area is 80.1 Å². The molecule has 3 nitrogen and oxygen atoms in total. The first-order chi connectivity index (χ1) is 6.22. The van der Waals surface area contributed by atoms with E-state index in [2.05, 4.69) is 12.2 Å². The summed E-state index contributed by atoms with van der Waals surface area (Å²) in [7, 11) is 0. The Hall–Kier alpha value is -0.570. The van der Waals surface area contributed by atoms with E-state index >= 15 is 0 Å². The van der Waals surface area contributed by atoms with E-state index in [0.717, 1.165) is 19.4 Å². The van der Waals surface area contributed by atoms with E-state index < -0.39 is 0 Å². The Morgan fingerprint density at radius 1 is 1.62 bits per heavy atom. The molecule has 0 radical (unpaired) electrons. The lowest BCUT2D eigenvalue weighted by molar-refractivity contribution is -0.121. The number of hydrogen-bond acceptors (Lipinski definition) is 2. The molecule has 1 fully saturated rings. The number of nitrogens with one attached hydrogen (secondary N) is 1. The molecule has 0 aromatic heterocycles. The van der Waals surface area contributed by atoms with E-state index in [1.807, 2.05) is 0 Å². The molecule has 0 bridgehead atoms. The molecule has 0 saturated heterocycles. The van der Waals surface area contributed by atoms with Crippen LogP contribution in [-0.2, 0) is 4.79 Å². The highest BCUT2D eigenvalue weighted by molar-refractivity contribution is 5.76. The predicted octanol–water partition coefficient (Wildman–Crippen LogP) is 0.888. The Morgan fingerprint density at radius 2 is 2.31 bits per heavy atom. The highest BCUT2D eigenvalue weighted by Gasteiger charge is 2.24. The van der Waals surface area contributed by atoms with Crippen LogP contribution in [0.3, 0.4) is 0 Å². The summed E-state index contributed by atoms with van der Waals surface area (Å²) >= 11 is 0. The molecule has 0 aromatic rings. The summed E-state index contributed by atoms with van der Waals surface area (Å²) in [5, 5.41) is 2.94. The molecule has 0 heterocycles. The van der Waals surface area contributed by atoms with Crippen LogP contribution in [0.5, 0.6) is 0 Å². The van der Waals surface area contributed by atoms with Gasteiger partial charge in [0.1, 0.15) is 0 Å². The van der Waals surface area contributed by atoms with Gasteiger partial charge in [-0.3, -0.25) is 4.79 Å². The standard InChI is InChI=1S/C10H20N2O/c1-8(4-5-11)7-12-10(13)6-9-2-3-9/h8-9H,2-7,11H2,1H3,(H,12,13). The van der Waals surface area contributed by atoms with Crippen LogP contribution in [0.4, 0.5) is 0 Å². The van der Waals surface area contributed by atoms with Crippen molar-refractivity contribution in [3.8, 4) is 0 Å². The fourth-order valence-corrected chi connectivity index (χ4v) is 1.33. The van der Waals surface area contributed by atoms with Crippen molar-refractivity contribution >= 4 is 5.91 Å². The van der Waals surface area contributed by atoms with Gasteiger partial charge in [-0.15, -0.1) is 0 Å². The topological polar surface area (TPSA) is 55.1 Å². The van der Waals surface area contributed by atoms with Crippen LogP contribution in [0.25, 0.3) is 0 Å². The van der Waals surface area contributed by atoms with Crippen LogP contribution in [0.2, 0.25) is 0 Å².